The summed E-state index contributed by atoms with van der Waals surface area (Å²) in [7, 11) is 0. The van der Waals surface area contributed by atoms with Crippen LogP contribution in [0.15, 0.2) is 24.4 Å². The highest BCUT2D eigenvalue weighted by Gasteiger charge is 1.93. The van der Waals surface area contributed by atoms with E-state index in [0.717, 1.165) is 25.9 Å². The lowest BCUT2D eigenvalue weighted by Gasteiger charge is -2.08. The Kier molecular flexibility index (Phi) is 4.75. The van der Waals surface area contributed by atoms with Crippen LogP contribution in [-0.4, -0.2) is 21.3 Å². The lowest BCUT2D eigenvalue weighted by molar-refractivity contribution is 0.578. The molecule has 0 aromatic carbocycles. The molecule has 1 aromatic heterocycles. The van der Waals surface area contributed by atoms with Crippen molar-refractivity contribution in [1.82, 2.24) is 20.1 Å². The predicted molar refractivity (Wildman–Crippen MR) is 56.7 cm³/mol. The van der Waals surface area contributed by atoms with Gasteiger partial charge in [-0.05, 0) is 12.8 Å². The zero-order valence-corrected chi connectivity index (χ0v) is 8.90. The average Bonchev–Trinajstić information content (AvgIpc) is 2.69. The van der Waals surface area contributed by atoms with Gasteiger partial charge in [0.25, 0.3) is 0 Å². The molecule has 0 aliphatic heterocycles. The standard InChI is InChI=1S/C10H18N4/c1-3-5-10(4-2)12-6-7-14-9-11-8-13-14/h5,8-9,12H,3-4,6-7H2,1-2H3/b10-5+. The van der Waals surface area contributed by atoms with E-state index in [2.05, 4.69) is 35.3 Å². The van der Waals surface area contributed by atoms with Gasteiger partial charge < -0.3 is 5.32 Å². The Hall–Kier alpha value is -1.32. The molecule has 1 aromatic rings. The summed E-state index contributed by atoms with van der Waals surface area (Å²) in [6.07, 6.45) is 7.66. The van der Waals surface area contributed by atoms with Gasteiger partial charge in [0.15, 0.2) is 0 Å². The van der Waals surface area contributed by atoms with E-state index in [1.165, 1.54) is 5.70 Å². The van der Waals surface area contributed by atoms with E-state index in [1.54, 1.807) is 12.7 Å². The molecule has 0 aliphatic rings. The molecule has 0 atom stereocenters. The quantitative estimate of drug-likeness (QED) is 0.747. The summed E-state index contributed by atoms with van der Waals surface area (Å²) in [5.41, 5.74) is 1.31. The monoisotopic (exact) mass is 194 g/mol. The summed E-state index contributed by atoms with van der Waals surface area (Å²) in [4.78, 5) is 3.89. The number of hydrogen-bond donors (Lipinski definition) is 1. The van der Waals surface area contributed by atoms with Crippen LogP contribution in [0.5, 0.6) is 0 Å². The molecule has 0 spiro atoms. The zero-order chi connectivity index (χ0) is 10.2. The summed E-state index contributed by atoms with van der Waals surface area (Å²) < 4.78 is 1.83. The molecule has 0 saturated carbocycles. The molecule has 78 valence electrons. The largest absolute Gasteiger partial charge is 0.387 e. The Bertz CT molecular complexity index is 264. The Balaban J connectivity index is 2.23. The molecular weight excluding hydrogens is 176 g/mol. The third-order valence-electron chi connectivity index (χ3n) is 1.99. The van der Waals surface area contributed by atoms with E-state index in [1.807, 2.05) is 4.68 Å². The third-order valence-corrected chi connectivity index (χ3v) is 1.99. The summed E-state index contributed by atoms with van der Waals surface area (Å²) in [5.74, 6) is 0. The Morgan fingerprint density at radius 1 is 1.50 bits per heavy atom. The van der Waals surface area contributed by atoms with Crippen LogP contribution in [0, 0.1) is 0 Å². The van der Waals surface area contributed by atoms with Gasteiger partial charge in [0.05, 0.1) is 6.54 Å². The maximum absolute atomic E-state index is 4.03. The lowest BCUT2D eigenvalue weighted by atomic mass is 10.3. The second-order valence-corrected chi connectivity index (χ2v) is 3.08. The topological polar surface area (TPSA) is 42.7 Å². The fourth-order valence-electron chi connectivity index (χ4n) is 1.27. The molecule has 4 heteroatoms. The van der Waals surface area contributed by atoms with E-state index >= 15 is 0 Å². The van der Waals surface area contributed by atoms with Crippen LogP contribution >= 0.6 is 0 Å². The van der Waals surface area contributed by atoms with Gasteiger partial charge in [-0.1, -0.05) is 19.9 Å². The molecule has 0 radical (unpaired) electrons. The minimum atomic E-state index is 0.862. The minimum Gasteiger partial charge on any atom is -0.387 e. The molecule has 0 bridgehead atoms. The fraction of sp³-hybridized carbons (Fsp3) is 0.600. The van der Waals surface area contributed by atoms with Gasteiger partial charge in [-0.3, -0.25) is 4.68 Å². The second-order valence-electron chi connectivity index (χ2n) is 3.08. The number of nitrogens with zero attached hydrogens (tertiary/aromatic N) is 3. The fourth-order valence-corrected chi connectivity index (χ4v) is 1.27. The van der Waals surface area contributed by atoms with Crippen molar-refractivity contribution in [3.8, 4) is 0 Å². The Morgan fingerprint density at radius 3 is 2.93 bits per heavy atom. The van der Waals surface area contributed by atoms with Crippen molar-refractivity contribution >= 4 is 0 Å². The van der Waals surface area contributed by atoms with Crippen LogP contribution in [0.2, 0.25) is 0 Å². The molecule has 0 unspecified atom stereocenters. The molecule has 1 heterocycles. The maximum atomic E-state index is 4.03. The van der Waals surface area contributed by atoms with Crippen molar-refractivity contribution in [3.05, 3.63) is 24.4 Å². The van der Waals surface area contributed by atoms with Gasteiger partial charge in [0, 0.05) is 12.2 Å². The normalized spacial score (nSPS) is 11.7. The van der Waals surface area contributed by atoms with Crippen LogP contribution < -0.4 is 5.32 Å². The van der Waals surface area contributed by atoms with Crippen LogP contribution in [0.4, 0.5) is 0 Å². The van der Waals surface area contributed by atoms with Gasteiger partial charge in [-0.2, -0.15) is 5.10 Å². The second kappa shape index (κ2) is 6.18. The number of allylic oxidation sites excluding steroid dienone is 2. The van der Waals surface area contributed by atoms with E-state index in [0.29, 0.717) is 0 Å². The molecule has 0 amide bonds. The van der Waals surface area contributed by atoms with Crippen LogP contribution in [0.1, 0.15) is 26.7 Å². The number of nitrogens with one attached hydrogen (secondary N) is 1. The summed E-state index contributed by atoms with van der Waals surface area (Å²) in [5, 5.41) is 7.41. The number of rotatable bonds is 6. The first-order chi connectivity index (χ1) is 6.86. The van der Waals surface area contributed by atoms with Crippen molar-refractivity contribution in [1.29, 1.82) is 0 Å². The van der Waals surface area contributed by atoms with Crippen molar-refractivity contribution in [2.45, 2.75) is 33.2 Å². The lowest BCUT2D eigenvalue weighted by Crippen LogP contribution is -2.19. The molecule has 0 saturated heterocycles. The highest BCUT2D eigenvalue weighted by atomic mass is 15.3. The Labute approximate surface area is 85.0 Å². The van der Waals surface area contributed by atoms with Crippen LogP contribution in [0.25, 0.3) is 0 Å². The van der Waals surface area contributed by atoms with Gasteiger partial charge in [-0.15, -0.1) is 0 Å². The van der Waals surface area contributed by atoms with Crippen molar-refractivity contribution in [2.24, 2.45) is 0 Å². The minimum absolute atomic E-state index is 0.862. The molecule has 4 nitrogen and oxygen atoms in total. The number of hydrogen-bond acceptors (Lipinski definition) is 3. The molecule has 1 rings (SSSR count). The number of aromatic nitrogens is 3. The highest BCUT2D eigenvalue weighted by Crippen LogP contribution is 1.96. The highest BCUT2D eigenvalue weighted by molar-refractivity contribution is 4.97. The Morgan fingerprint density at radius 2 is 2.36 bits per heavy atom. The van der Waals surface area contributed by atoms with Gasteiger partial charge >= 0.3 is 0 Å². The van der Waals surface area contributed by atoms with E-state index < -0.39 is 0 Å². The first kappa shape index (κ1) is 10.8. The van der Waals surface area contributed by atoms with Gasteiger partial charge in [0.1, 0.15) is 12.7 Å². The molecule has 0 fully saturated rings. The summed E-state index contributed by atoms with van der Waals surface area (Å²) in [6.45, 7) is 6.07. The summed E-state index contributed by atoms with van der Waals surface area (Å²) in [6, 6.07) is 0. The van der Waals surface area contributed by atoms with Crippen LogP contribution in [-0.2, 0) is 6.54 Å². The summed E-state index contributed by atoms with van der Waals surface area (Å²) >= 11 is 0. The molecule has 1 N–H and O–H groups in total. The van der Waals surface area contributed by atoms with Gasteiger partial charge in [0.2, 0.25) is 0 Å². The van der Waals surface area contributed by atoms with Crippen LogP contribution in [0.3, 0.4) is 0 Å². The smallest absolute Gasteiger partial charge is 0.137 e. The third kappa shape index (κ3) is 3.60. The first-order valence-electron chi connectivity index (χ1n) is 5.12. The van der Waals surface area contributed by atoms with E-state index in [4.69, 9.17) is 0 Å². The molecule has 0 aliphatic carbocycles. The average molecular weight is 194 g/mol. The zero-order valence-electron chi connectivity index (χ0n) is 8.90. The SMILES string of the molecule is CC/C=C(\CC)NCCn1cncn1. The van der Waals surface area contributed by atoms with Crippen molar-refractivity contribution in [3.63, 3.8) is 0 Å². The van der Waals surface area contributed by atoms with Crippen molar-refractivity contribution in [2.75, 3.05) is 6.54 Å². The van der Waals surface area contributed by atoms with E-state index in [-0.39, 0.29) is 0 Å². The maximum Gasteiger partial charge on any atom is 0.137 e. The molecular formula is C10H18N4. The first-order valence-corrected chi connectivity index (χ1v) is 5.12. The van der Waals surface area contributed by atoms with Gasteiger partial charge in [-0.25, -0.2) is 4.98 Å². The van der Waals surface area contributed by atoms with E-state index in [9.17, 15) is 0 Å². The predicted octanol–water partition coefficient (Wildman–Crippen LogP) is 1.57. The van der Waals surface area contributed by atoms with Crippen molar-refractivity contribution < 1.29 is 0 Å². The molecule has 14 heavy (non-hydrogen) atoms.